The van der Waals surface area contributed by atoms with Crippen molar-refractivity contribution >= 4 is 27.5 Å². The number of amides is 2. The lowest BCUT2D eigenvalue weighted by molar-refractivity contribution is -0.139. The van der Waals surface area contributed by atoms with Crippen LogP contribution in [-0.4, -0.2) is 70.8 Å². The zero-order valence-electron chi connectivity index (χ0n) is 22.6. The molecule has 9 nitrogen and oxygen atoms in total. The number of hydrogen-bond acceptors (Lipinski definition) is 6. The fraction of sp³-hybridized carbons (Fsp3) is 0.481. The number of nitrogens with one attached hydrogen (secondary N) is 1. The van der Waals surface area contributed by atoms with Gasteiger partial charge in [-0.15, -0.1) is 0 Å². The van der Waals surface area contributed by atoms with Gasteiger partial charge in [0.2, 0.25) is 21.8 Å². The average Bonchev–Trinajstić information content (AvgIpc) is 2.88. The Morgan fingerprint density at radius 3 is 2.22 bits per heavy atom. The van der Waals surface area contributed by atoms with E-state index in [1.807, 2.05) is 51.1 Å². The van der Waals surface area contributed by atoms with Gasteiger partial charge in [0.15, 0.2) is 0 Å². The van der Waals surface area contributed by atoms with Gasteiger partial charge in [-0.3, -0.25) is 13.9 Å². The number of nitrogens with zero attached hydrogens (tertiary/aromatic N) is 2. The molecule has 2 amide bonds. The van der Waals surface area contributed by atoms with Crippen molar-refractivity contribution in [2.24, 2.45) is 0 Å². The predicted molar refractivity (Wildman–Crippen MR) is 146 cm³/mol. The molecule has 2 aromatic rings. The summed E-state index contributed by atoms with van der Waals surface area (Å²) in [7, 11) is -1.01. The van der Waals surface area contributed by atoms with Crippen LogP contribution in [-0.2, 0) is 26.0 Å². The molecule has 2 aromatic carbocycles. The van der Waals surface area contributed by atoms with Crippen molar-refractivity contribution in [3.8, 4) is 11.5 Å². The van der Waals surface area contributed by atoms with Gasteiger partial charge in [0.05, 0.1) is 26.2 Å². The Bertz CT molecular complexity index is 1140. The molecule has 0 heterocycles. The second-order valence-corrected chi connectivity index (χ2v) is 10.8. The first-order valence-electron chi connectivity index (χ1n) is 12.4. The van der Waals surface area contributed by atoms with Gasteiger partial charge in [-0.25, -0.2) is 8.42 Å². The summed E-state index contributed by atoms with van der Waals surface area (Å²) in [4.78, 5) is 28.4. The maximum atomic E-state index is 13.8. The molecule has 10 heteroatoms. The number of carbonyl (C=O) groups excluding carboxylic acids is 2. The molecule has 2 rings (SSSR count). The van der Waals surface area contributed by atoms with Gasteiger partial charge in [-0.05, 0) is 43.9 Å². The number of carbonyl (C=O) groups is 2. The molecule has 0 unspecified atom stereocenters. The second kappa shape index (κ2) is 13.9. The zero-order chi connectivity index (χ0) is 27.6. The summed E-state index contributed by atoms with van der Waals surface area (Å²) in [5, 5.41) is 2.96. The highest BCUT2D eigenvalue weighted by Gasteiger charge is 2.32. The maximum absolute atomic E-state index is 13.8. The molecular weight excluding hydrogens is 494 g/mol. The van der Waals surface area contributed by atoms with Crippen LogP contribution in [0, 0.1) is 0 Å². The van der Waals surface area contributed by atoms with Gasteiger partial charge in [0.1, 0.15) is 24.1 Å². The third-order valence-corrected chi connectivity index (χ3v) is 7.33. The molecule has 0 fully saturated rings. The Balaban J connectivity index is 2.45. The highest BCUT2D eigenvalue weighted by atomic mass is 32.2. The van der Waals surface area contributed by atoms with Gasteiger partial charge in [-0.2, -0.15) is 0 Å². The zero-order valence-corrected chi connectivity index (χ0v) is 23.4. The van der Waals surface area contributed by atoms with E-state index in [-0.39, 0.29) is 29.9 Å². The Labute approximate surface area is 220 Å². The SMILES string of the molecule is CC[C@@H](C)NC(=O)[C@H](CC)N(CCc1ccccc1)C(=O)CN(c1cc(OC)ccc1OC)S(C)(=O)=O. The number of anilines is 1. The van der Waals surface area contributed by atoms with Gasteiger partial charge < -0.3 is 19.7 Å². The highest BCUT2D eigenvalue weighted by molar-refractivity contribution is 7.92. The van der Waals surface area contributed by atoms with Crippen molar-refractivity contribution in [1.29, 1.82) is 0 Å². The first-order valence-corrected chi connectivity index (χ1v) is 14.2. The number of methoxy groups -OCH3 is 2. The third kappa shape index (κ3) is 8.38. The fourth-order valence-electron chi connectivity index (χ4n) is 3.92. The van der Waals surface area contributed by atoms with E-state index < -0.39 is 28.5 Å². The molecule has 37 heavy (non-hydrogen) atoms. The molecule has 0 aliphatic carbocycles. The first-order chi connectivity index (χ1) is 17.5. The molecule has 0 saturated heterocycles. The van der Waals surface area contributed by atoms with Crippen molar-refractivity contribution in [2.75, 3.05) is 37.9 Å². The van der Waals surface area contributed by atoms with Crippen molar-refractivity contribution < 1.29 is 27.5 Å². The smallest absolute Gasteiger partial charge is 0.244 e. The fourth-order valence-corrected chi connectivity index (χ4v) is 4.77. The summed E-state index contributed by atoms with van der Waals surface area (Å²) >= 11 is 0. The van der Waals surface area contributed by atoms with Crippen LogP contribution >= 0.6 is 0 Å². The van der Waals surface area contributed by atoms with Crippen molar-refractivity contribution in [2.45, 2.75) is 52.1 Å². The molecule has 0 aliphatic rings. The lowest BCUT2D eigenvalue weighted by atomic mass is 10.1. The predicted octanol–water partition coefficient (Wildman–Crippen LogP) is 3.23. The molecule has 1 N–H and O–H groups in total. The number of ether oxygens (including phenoxy) is 2. The third-order valence-electron chi connectivity index (χ3n) is 6.21. The average molecular weight is 534 g/mol. The van der Waals surface area contributed by atoms with E-state index in [1.54, 1.807) is 12.1 Å². The summed E-state index contributed by atoms with van der Waals surface area (Å²) in [6.07, 6.45) is 2.67. The van der Waals surface area contributed by atoms with Gasteiger partial charge in [-0.1, -0.05) is 44.2 Å². The lowest BCUT2D eigenvalue weighted by Gasteiger charge is -2.33. The van der Waals surface area contributed by atoms with Crippen molar-refractivity contribution in [3.63, 3.8) is 0 Å². The molecule has 0 saturated carbocycles. The molecular formula is C27H39N3O6S. The first kappa shape index (κ1) is 30.0. The molecule has 2 atom stereocenters. The van der Waals surface area contributed by atoms with Gasteiger partial charge in [0.25, 0.3) is 0 Å². The largest absolute Gasteiger partial charge is 0.497 e. The number of hydrogen-bond donors (Lipinski definition) is 1. The van der Waals surface area contributed by atoms with Crippen LogP contribution in [0.2, 0.25) is 0 Å². The Hall–Kier alpha value is -3.27. The summed E-state index contributed by atoms with van der Waals surface area (Å²) in [5.41, 5.74) is 1.18. The van der Waals surface area contributed by atoms with Crippen LogP contribution in [0.1, 0.15) is 39.2 Å². The van der Waals surface area contributed by atoms with E-state index in [9.17, 15) is 18.0 Å². The van der Waals surface area contributed by atoms with Crippen LogP contribution in [0.4, 0.5) is 5.69 Å². The molecule has 0 radical (unpaired) electrons. The van der Waals surface area contributed by atoms with Gasteiger partial charge in [0, 0.05) is 18.7 Å². The number of rotatable bonds is 14. The van der Waals surface area contributed by atoms with Crippen LogP contribution < -0.4 is 19.1 Å². The quantitative estimate of drug-likeness (QED) is 0.400. The van der Waals surface area contributed by atoms with Crippen LogP contribution in [0.25, 0.3) is 0 Å². The van der Waals surface area contributed by atoms with Gasteiger partial charge >= 0.3 is 0 Å². The molecule has 0 aliphatic heterocycles. The summed E-state index contributed by atoms with van der Waals surface area (Å²) in [6, 6.07) is 13.6. The Morgan fingerprint density at radius 2 is 1.68 bits per heavy atom. The maximum Gasteiger partial charge on any atom is 0.244 e. The number of benzene rings is 2. The molecule has 204 valence electrons. The topological polar surface area (TPSA) is 105 Å². The minimum Gasteiger partial charge on any atom is -0.497 e. The molecule has 0 spiro atoms. The van der Waals surface area contributed by atoms with Crippen LogP contribution in [0.5, 0.6) is 11.5 Å². The monoisotopic (exact) mass is 533 g/mol. The van der Waals surface area contributed by atoms with E-state index in [0.717, 1.165) is 22.5 Å². The van der Waals surface area contributed by atoms with E-state index in [2.05, 4.69) is 5.32 Å². The van der Waals surface area contributed by atoms with E-state index in [0.29, 0.717) is 18.6 Å². The minimum absolute atomic E-state index is 0.0545. The van der Waals surface area contributed by atoms with E-state index >= 15 is 0 Å². The second-order valence-electron chi connectivity index (χ2n) is 8.87. The molecule has 0 bridgehead atoms. The normalized spacial score (nSPS) is 12.8. The summed E-state index contributed by atoms with van der Waals surface area (Å²) in [6.45, 7) is 5.46. The minimum atomic E-state index is -3.90. The Morgan fingerprint density at radius 1 is 1.00 bits per heavy atom. The summed E-state index contributed by atoms with van der Waals surface area (Å²) < 4.78 is 37.4. The Kier molecular flexibility index (Phi) is 11.2. The standard InChI is InChI=1S/C27H39N3O6S/c1-7-20(3)28-27(32)23(8-2)29(17-16-21-12-10-9-11-13-21)26(31)19-30(37(6,33)34)24-18-22(35-4)14-15-25(24)36-5/h9-15,18,20,23H,7-8,16-17,19H2,1-6H3,(H,28,32)/t20-,23+/m1/s1. The molecule has 0 aromatic heterocycles. The lowest BCUT2D eigenvalue weighted by Crippen LogP contribution is -2.54. The van der Waals surface area contributed by atoms with Crippen molar-refractivity contribution in [3.05, 3.63) is 54.1 Å². The summed E-state index contributed by atoms with van der Waals surface area (Å²) in [5.74, 6) is -0.0610. The van der Waals surface area contributed by atoms with Crippen LogP contribution in [0.15, 0.2) is 48.5 Å². The number of sulfonamides is 1. The van der Waals surface area contributed by atoms with Crippen LogP contribution in [0.3, 0.4) is 0 Å². The van der Waals surface area contributed by atoms with E-state index in [1.165, 1.54) is 25.2 Å². The van der Waals surface area contributed by atoms with Crippen molar-refractivity contribution in [1.82, 2.24) is 10.2 Å². The highest BCUT2D eigenvalue weighted by Crippen LogP contribution is 2.34. The van der Waals surface area contributed by atoms with E-state index in [4.69, 9.17) is 9.47 Å².